The van der Waals surface area contributed by atoms with E-state index in [1.165, 1.54) is 0 Å². The second-order valence-electron chi connectivity index (χ2n) is 4.98. The van der Waals surface area contributed by atoms with Crippen molar-refractivity contribution in [3.8, 4) is 5.75 Å². The first-order valence-electron chi connectivity index (χ1n) is 6.29. The van der Waals surface area contributed by atoms with Crippen molar-refractivity contribution in [3.63, 3.8) is 0 Å². The van der Waals surface area contributed by atoms with Crippen LogP contribution in [0.1, 0.15) is 70.8 Å². The normalized spacial score (nSPS) is 11.7. The Hall–Kier alpha value is -0.990. The first-order chi connectivity index (χ1) is 7.49. The topological polar surface area (TPSA) is 38.0 Å². The van der Waals surface area contributed by atoms with Crippen LogP contribution in [-0.4, -0.2) is 14.9 Å². The molecule has 3 heteroatoms. The van der Waals surface area contributed by atoms with Gasteiger partial charge in [0.05, 0.1) is 5.69 Å². The van der Waals surface area contributed by atoms with Crippen LogP contribution in [0.5, 0.6) is 5.75 Å². The lowest BCUT2D eigenvalue weighted by Gasteiger charge is -2.13. The summed E-state index contributed by atoms with van der Waals surface area (Å²) >= 11 is 0. The predicted molar refractivity (Wildman–Crippen MR) is 67.0 cm³/mol. The lowest BCUT2D eigenvalue weighted by molar-refractivity contribution is 0.444. The van der Waals surface area contributed by atoms with E-state index in [1.54, 1.807) is 0 Å². The fourth-order valence-electron chi connectivity index (χ4n) is 1.93. The van der Waals surface area contributed by atoms with Crippen molar-refractivity contribution >= 4 is 0 Å². The van der Waals surface area contributed by atoms with Gasteiger partial charge in [0.25, 0.3) is 0 Å². The molecule has 1 aromatic rings. The largest absolute Gasteiger partial charge is 0.504 e. The highest BCUT2D eigenvalue weighted by atomic mass is 16.3. The molecule has 0 saturated carbocycles. The standard InChI is InChI=1S/C13H24N2O/c1-6-7-8-11-13(16)12(9(2)3)15(14-11)10(4)5/h9-10,16H,6-8H2,1-5H3. The quantitative estimate of drug-likeness (QED) is 0.829. The molecule has 0 radical (unpaired) electrons. The number of rotatable bonds is 5. The summed E-state index contributed by atoms with van der Waals surface area (Å²) in [6, 6.07) is 0.304. The van der Waals surface area contributed by atoms with Crippen LogP contribution in [0.4, 0.5) is 0 Å². The first kappa shape index (κ1) is 13.1. The van der Waals surface area contributed by atoms with E-state index in [0.29, 0.717) is 17.7 Å². The van der Waals surface area contributed by atoms with Crippen molar-refractivity contribution < 1.29 is 5.11 Å². The minimum absolute atomic E-state index is 0.304. The minimum atomic E-state index is 0.304. The predicted octanol–water partition coefficient (Wildman–Crippen LogP) is 3.64. The van der Waals surface area contributed by atoms with Gasteiger partial charge in [-0.15, -0.1) is 0 Å². The van der Waals surface area contributed by atoms with Crippen LogP contribution in [0.25, 0.3) is 0 Å². The van der Waals surface area contributed by atoms with Gasteiger partial charge in [0.2, 0.25) is 0 Å². The Kier molecular flexibility index (Phi) is 4.39. The van der Waals surface area contributed by atoms with Crippen LogP contribution in [0.15, 0.2) is 0 Å². The molecule has 92 valence electrons. The number of hydrogen-bond donors (Lipinski definition) is 1. The van der Waals surface area contributed by atoms with Crippen molar-refractivity contribution in [1.29, 1.82) is 0 Å². The molecule has 3 nitrogen and oxygen atoms in total. The van der Waals surface area contributed by atoms with Crippen molar-refractivity contribution in [3.05, 3.63) is 11.4 Å². The smallest absolute Gasteiger partial charge is 0.160 e. The molecular weight excluding hydrogens is 200 g/mol. The average molecular weight is 224 g/mol. The molecule has 1 aromatic heterocycles. The van der Waals surface area contributed by atoms with Crippen molar-refractivity contribution in [1.82, 2.24) is 9.78 Å². The average Bonchev–Trinajstić information content (AvgIpc) is 2.53. The van der Waals surface area contributed by atoms with Gasteiger partial charge >= 0.3 is 0 Å². The van der Waals surface area contributed by atoms with Gasteiger partial charge in [-0.2, -0.15) is 5.10 Å². The Balaban J connectivity index is 3.09. The molecular formula is C13H24N2O. The summed E-state index contributed by atoms with van der Waals surface area (Å²) in [7, 11) is 0. The number of aromatic hydroxyl groups is 1. The van der Waals surface area contributed by atoms with Gasteiger partial charge in [0.1, 0.15) is 5.69 Å². The molecule has 0 aliphatic carbocycles. The summed E-state index contributed by atoms with van der Waals surface area (Å²) in [5.41, 5.74) is 1.83. The van der Waals surface area contributed by atoms with E-state index in [-0.39, 0.29) is 0 Å². The molecule has 0 atom stereocenters. The second-order valence-corrected chi connectivity index (χ2v) is 4.98. The van der Waals surface area contributed by atoms with E-state index in [0.717, 1.165) is 30.7 Å². The maximum atomic E-state index is 10.2. The number of nitrogens with zero attached hydrogens (tertiary/aromatic N) is 2. The zero-order valence-corrected chi connectivity index (χ0v) is 11.1. The molecule has 0 fully saturated rings. The van der Waals surface area contributed by atoms with Gasteiger partial charge in [-0.1, -0.05) is 27.2 Å². The van der Waals surface area contributed by atoms with Crippen LogP contribution in [0.2, 0.25) is 0 Å². The molecule has 0 saturated heterocycles. The Morgan fingerprint density at radius 2 is 1.88 bits per heavy atom. The lowest BCUT2D eigenvalue weighted by atomic mass is 10.1. The van der Waals surface area contributed by atoms with Crippen LogP contribution in [-0.2, 0) is 6.42 Å². The molecule has 0 spiro atoms. The van der Waals surface area contributed by atoms with Gasteiger partial charge in [-0.25, -0.2) is 0 Å². The van der Waals surface area contributed by atoms with Gasteiger partial charge < -0.3 is 5.11 Å². The summed E-state index contributed by atoms with van der Waals surface area (Å²) in [5.74, 6) is 0.724. The molecule has 0 amide bonds. The molecule has 0 aliphatic rings. The molecule has 16 heavy (non-hydrogen) atoms. The molecule has 1 N–H and O–H groups in total. The van der Waals surface area contributed by atoms with Gasteiger partial charge in [0.15, 0.2) is 5.75 Å². The minimum Gasteiger partial charge on any atom is -0.504 e. The molecule has 1 rings (SSSR count). The molecule has 0 aromatic carbocycles. The highest BCUT2D eigenvalue weighted by Crippen LogP contribution is 2.31. The van der Waals surface area contributed by atoms with E-state index in [4.69, 9.17) is 0 Å². The highest BCUT2D eigenvalue weighted by Gasteiger charge is 2.20. The maximum Gasteiger partial charge on any atom is 0.160 e. The van der Waals surface area contributed by atoms with Gasteiger partial charge in [-0.05, 0) is 32.6 Å². The zero-order valence-electron chi connectivity index (χ0n) is 11.1. The summed E-state index contributed by atoms with van der Waals surface area (Å²) in [6.07, 6.45) is 3.09. The number of aromatic nitrogens is 2. The second kappa shape index (κ2) is 5.37. The Morgan fingerprint density at radius 3 is 2.25 bits per heavy atom. The molecule has 0 unspecified atom stereocenters. The molecule has 0 aliphatic heterocycles. The summed E-state index contributed by atoms with van der Waals surface area (Å²) in [5, 5.41) is 14.7. The Bertz CT molecular complexity index is 340. The SMILES string of the molecule is CCCCc1nn(C(C)C)c(C(C)C)c1O. The third-order valence-electron chi connectivity index (χ3n) is 2.79. The molecule has 0 bridgehead atoms. The summed E-state index contributed by atoms with van der Waals surface area (Å²) in [4.78, 5) is 0. The Labute approximate surface area is 98.5 Å². The third kappa shape index (κ3) is 2.57. The number of unbranched alkanes of at least 4 members (excludes halogenated alkanes) is 1. The van der Waals surface area contributed by atoms with E-state index in [1.807, 2.05) is 4.68 Å². The van der Waals surface area contributed by atoms with Crippen LogP contribution in [0.3, 0.4) is 0 Å². The maximum absolute atomic E-state index is 10.2. The van der Waals surface area contributed by atoms with Gasteiger partial charge in [-0.3, -0.25) is 4.68 Å². The summed E-state index contributed by atoms with van der Waals surface area (Å²) < 4.78 is 1.96. The summed E-state index contributed by atoms with van der Waals surface area (Å²) in [6.45, 7) is 10.5. The van der Waals surface area contributed by atoms with E-state index >= 15 is 0 Å². The van der Waals surface area contributed by atoms with Crippen LogP contribution < -0.4 is 0 Å². The van der Waals surface area contributed by atoms with E-state index < -0.39 is 0 Å². The third-order valence-corrected chi connectivity index (χ3v) is 2.79. The fourth-order valence-corrected chi connectivity index (χ4v) is 1.93. The lowest BCUT2D eigenvalue weighted by Crippen LogP contribution is -2.08. The van der Waals surface area contributed by atoms with Crippen molar-refractivity contribution in [2.75, 3.05) is 0 Å². The van der Waals surface area contributed by atoms with Crippen LogP contribution >= 0.6 is 0 Å². The van der Waals surface area contributed by atoms with E-state index in [9.17, 15) is 5.11 Å². The van der Waals surface area contributed by atoms with E-state index in [2.05, 4.69) is 39.7 Å². The Morgan fingerprint density at radius 1 is 1.25 bits per heavy atom. The monoisotopic (exact) mass is 224 g/mol. The fraction of sp³-hybridized carbons (Fsp3) is 0.769. The number of hydrogen-bond acceptors (Lipinski definition) is 2. The zero-order chi connectivity index (χ0) is 12.3. The number of aryl methyl sites for hydroxylation is 1. The molecule has 1 heterocycles. The van der Waals surface area contributed by atoms with Crippen molar-refractivity contribution in [2.45, 2.75) is 65.8 Å². The van der Waals surface area contributed by atoms with Crippen molar-refractivity contribution in [2.24, 2.45) is 0 Å². The first-order valence-corrected chi connectivity index (χ1v) is 6.29. The van der Waals surface area contributed by atoms with Gasteiger partial charge in [0, 0.05) is 6.04 Å². The highest BCUT2D eigenvalue weighted by molar-refractivity contribution is 5.34. The van der Waals surface area contributed by atoms with Crippen LogP contribution in [0, 0.1) is 0 Å².